The highest BCUT2D eigenvalue weighted by Crippen LogP contribution is 2.27. The van der Waals surface area contributed by atoms with Gasteiger partial charge in [0.2, 0.25) is 0 Å². The van der Waals surface area contributed by atoms with Gasteiger partial charge in [-0.15, -0.1) is 11.3 Å². The molecule has 2 aromatic rings. The van der Waals surface area contributed by atoms with Crippen molar-refractivity contribution in [1.82, 2.24) is 9.88 Å². The topological polar surface area (TPSA) is 68.5 Å². The summed E-state index contributed by atoms with van der Waals surface area (Å²) in [4.78, 5) is 19.3. The number of thiazole rings is 1. The van der Waals surface area contributed by atoms with Crippen LogP contribution in [0.15, 0.2) is 30.5 Å². The van der Waals surface area contributed by atoms with Crippen LogP contribution < -0.4 is 5.73 Å². The summed E-state index contributed by atoms with van der Waals surface area (Å²) in [6.45, 7) is 1.39. The van der Waals surface area contributed by atoms with Crippen molar-refractivity contribution in [3.05, 3.63) is 46.5 Å². The number of nitrogen functional groups attached to an aromatic ring is 1. The average molecular weight is 303 g/mol. The van der Waals surface area contributed by atoms with Gasteiger partial charge in [-0.05, 0) is 17.5 Å². The molecular weight excluding hydrogens is 286 g/mol. The first-order valence-corrected chi connectivity index (χ1v) is 7.58. The van der Waals surface area contributed by atoms with Crippen molar-refractivity contribution < 1.29 is 9.53 Å². The number of rotatable bonds is 3. The molecule has 1 aliphatic heterocycles. The van der Waals surface area contributed by atoms with Crippen LogP contribution in [0.3, 0.4) is 0 Å². The maximum Gasteiger partial charge on any atom is 0.323 e. The highest BCUT2D eigenvalue weighted by Gasteiger charge is 2.32. The van der Waals surface area contributed by atoms with Gasteiger partial charge in [-0.3, -0.25) is 9.69 Å². The third-order valence-electron chi connectivity index (χ3n) is 3.75. The first-order chi connectivity index (χ1) is 10.2. The molecule has 110 valence electrons. The summed E-state index contributed by atoms with van der Waals surface area (Å²) in [5.74, 6) is -0.193. The molecular formula is C15H17N3O2S. The largest absolute Gasteiger partial charge is 0.468 e. The minimum atomic E-state index is -0.256. The number of hydrogen-bond acceptors (Lipinski definition) is 6. The van der Waals surface area contributed by atoms with E-state index in [-0.39, 0.29) is 12.0 Å². The van der Waals surface area contributed by atoms with Gasteiger partial charge in [0.1, 0.15) is 6.04 Å². The Morgan fingerprint density at radius 1 is 1.48 bits per heavy atom. The standard InChI is InChI=1S/C15H17N3O2S/c1-20-14(19)13-6-10-4-2-3-5-11(10)8-18(13)9-12-7-17-15(16)21-12/h2-5,7,13H,6,8-9H2,1H3,(H2,16,17). The molecule has 0 aliphatic carbocycles. The summed E-state index contributed by atoms with van der Waals surface area (Å²) in [6, 6.07) is 7.96. The van der Waals surface area contributed by atoms with E-state index in [0.717, 1.165) is 11.4 Å². The fourth-order valence-corrected chi connectivity index (χ4v) is 3.42. The molecule has 0 bridgehead atoms. The minimum Gasteiger partial charge on any atom is -0.468 e. The number of hydrogen-bond donors (Lipinski definition) is 1. The molecule has 0 saturated carbocycles. The molecule has 0 fully saturated rings. The lowest BCUT2D eigenvalue weighted by Crippen LogP contribution is -2.45. The molecule has 21 heavy (non-hydrogen) atoms. The molecule has 1 atom stereocenters. The fourth-order valence-electron chi connectivity index (χ4n) is 2.71. The van der Waals surface area contributed by atoms with Crippen molar-refractivity contribution in [3.63, 3.8) is 0 Å². The summed E-state index contributed by atoms with van der Waals surface area (Å²) in [6.07, 6.45) is 2.45. The van der Waals surface area contributed by atoms with Crippen LogP contribution in [0.2, 0.25) is 0 Å². The predicted molar refractivity (Wildman–Crippen MR) is 81.7 cm³/mol. The van der Waals surface area contributed by atoms with Gasteiger partial charge in [-0.2, -0.15) is 0 Å². The molecule has 2 heterocycles. The summed E-state index contributed by atoms with van der Waals surface area (Å²) >= 11 is 1.46. The van der Waals surface area contributed by atoms with Gasteiger partial charge in [0, 0.05) is 24.2 Å². The Morgan fingerprint density at radius 3 is 2.90 bits per heavy atom. The number of nitrogens with zero attached hydrogens (tertiary/aromatic N) is 2. The second-order valence-electron chi connectivity index (χ2n) is 5.08. The van der Waals surface area contributed by atoms with E-state index < -0.39 is 0 Å². The molecule has 0 saturated heterocycles. The molecule has 0 spiro atoms. The van der Waals surface area contributed by atoms with Crippen LogP contribution in [-0.4, -0.2) is 29.0 Å². The van der Waals surface area contributed by atoms with Gasteiger partial charge in [-0.25, -0.2) is 4.98 Å². The van der Waals surface area contributed by atoms with Crippen LogP contribution in [0, 0.1) is 0 Å². The zero-order valence-corrected chi connectivity index (χ0v) is 12.6. The van der Waals surface area contributed by atoms with E-state index in [9.17, 15) is 4.79 Å². The second-order valence-corrected chi connectivity index (χ2v) is 6.23. The van der Waals surface area contributed by atoms with Crippen molar-refractivity contribution in [2.45, 2.75) is 25.6 Å². The third-order valence-corrected chi connectivity index (χ3v) is 4.56. The van der Waals surface area contributed by atoms with E-state index in [1.165, 1.54) is 29.6 Å². The monoisotopic (exact) mass is 303 g/mol. The van der Waals surface area contributed by atoms with E-state index >= 15 is 0 Å². The molecule has 3 rings (SSSR count). The molecule has 6 heteroatoms. The summed E-state index contributed by atoms with van der Waals surface area (Å²) in [5, 5.41) is 0.553. The van der Waals surface area contributed by atoms with E-state index in [1.54, 1.807) is 6.20 Å². The number of methoxy groups -OCH3 is 1. The van der Waals surface area contributed by atoms with Crippen molar-refractivity contribution in [1.29, 1.82) is 0 Å². The summed E-state index contributed by atoms with van der Waals surface area (Å²) in [5.41, 5.74) is 8.15. The predicted octanol–water partition coefficient (Wildman–Crippen LogP) is 1.83. The smallest absolute Gasteiger partial charge is 0.323 e. The molecule has 1 aromatic heterocycles. The van der Waals surface area contributed by atoms with Crippen molar-refractivity contribution in [2.24, 2.45) is 0 Å². The quantitative estimate of drug-likeness (QED) is 0.876. The van der Waals surface area contributed by atoms with Gasteiger partial charge in [-0.1, -0.05) is 24.3 Å². The maximum absolute atomic E-state index is 12.1. The fraction of sp³-hybridized carbons (Fsp3) is 0.333. The van der Waals surface area contributed by atoms with Gasteiger partial charge in [0.15, 0.2) is 5.13 Å². The van der Waals surface area contributed by atoms with Crippen LogP contribution in [-0.2, 0) is 29.0 Å². The van der Waals surface area contributed by atoms with Crippen LogP contribution in [0.4, 0.5) is 5.13 Å². The Hall–Kier alpha value is -1.92. The Morgan fingerprint density at radius 2 is 2.24 bits per heavy atom. The van der Waals surface area contributed by atoms with Crippen LogP contribution >= 0.6 is 11.3 Å². The molecule has 1 aliphatic rings. The molecule has 5 nitrogen and oxygen atoms in total. The van der Waals surface area contributed by atoms with E-state index in [1.807, 2.05) is 12.1 Å². The van der Waals surface area contributed by atoms with Gasteiger partial charge in [0.05, 0.1) is 7.11 Å². The Bertz CT molecular complexity index is 656. The lowest BCUT2D eigenvalue weighted by Gasteiger charge is -2.34. The average Bonchev–Trinajstić information content (AvgIpc) is 2.91. The zero-order valence-electron chi connectivity index (χ0n) is 11.8. The Balaban J connectivity index is 1.87. The molecule has 2 N–H and O–H groups in total. The van der Waals surface area contributed by atoms with Crippen LogP contribution in [0.5, 0.6) is 0 Å². The van der Waals surface area contributed by atoms with Gasteiger partial charge in [0.25, 0.3) is 0 Å². The Labute approximate surface area is 127 Å². The number of carbonyl (C=O) groups is 1. The van der Waals surface area contributed by atoms with E-state index in [0.29, 0.717) is 18.1 Å². The number of aromatic nitrogens is 1. The lowest BCUT2D eigenvalue weighted by molar-refractivity contribution is -0.147. The maximum atomic E-state index is 12.1. The molecule has 1 unspecified atom stereocenters. The number of benzene rings is 1. The molecule has 0 radical (unpaired) electrons. The number of anilines is 1. The van der Waals surface area contributed by atoms with Gasteiger partial charge < -0.3 is 10.5 Å². The highest BCUT2D eigenvalue weighted by molar-refractivity contribution is 7.15. The van der Waals surface area contributed by atoms with Crippen molar-refractivity contribution in [3.8, 4) is 0 Å². The highest BCUT2D eigenvalue weighted by atomic mass is 32.1. The minimum absolute atomic E-state index is 0.193. The number of nitrogens with two attached hydrogens (primary N) is 1. The van der Waals surface area contributed by atoms with Gasteiger partial charge >= 0.3 is 5.97 Å². The Kier molecular flexibility index (Phi) is 3.90. The normalized spacial score (nSPS) is 18.2. The zero-order chi connectivity index (χ0) is 14.8. The summed E-state index contributed by atoms with van der Waals surface area (Å²) < 4.78 is 4.96. The van der Waals surface area contributed by atoms with E-state index in [4.69, 9.17) is 10.5 Å². The molecule has 1 aromatic carbocycles. The van der Waals surface area contributed by atoms with Crippen molar-refractivity contribution >= 4 is 22.4 Å². The molecule has 0 amide bonds. The SMILES string of the molecule is COC(=O)C1Cc2ccccc2CN1Cc1cnc(N)s1. The lowest BCUT2D eigenvalue weighted by atomic mass is 9.94. The number of carbonyl (C=O) groups excluding carboxylic acids is 1. The van der Waals surface area contributed by atoms with Crippen molar-refractivity contribution in [2.75, 3.05) is 12.8 Å². The third kappa shape index (κ3) is 2.91. The van der Waals surface area contributed by atoms with Crippen LogP contribution in [0.1, 0.15) is 16.0 Å². The first kappa shape index (κ1) is 14.0. The summed E-state index contributed by atoms with van der Waals surface area (Å²) in [7, 11) is 1.44. The number of esters is 1. The van der Waals surface area contributed by atoms with Crippen LogP contribution in [0.25, 0.3) is 0 Å². The first-order valence-electron chi connectivity index (χ1n) is 6.76. The second kappa shape index (κ2) is 5.83. The van der Waals surface area contributed by atoms with E-state index in [2.05, 4.69) is 22.0 Å². The number of ether oxygens (including phenoxy) is 1. The number of fused-ring (bicyclic) bond motifs is 1.